The number of rotatable bonds is 7. The Morgan fingerprint density at radius 2 is 1.07 bits per heavy atom. The first kappa shape index (κ1) is 48.4. The smallest absolute Gasteiger partial charge is 0.147 e. The molecule has 0 amide bonds. The molecular weight excluding hydrogens is 1110 g/mol. The fourth-order valence-corrected chi connectivity index (χ4v) is 11.1. The van der Waals surface area contributed by atoms with E-state index in [0.29, 0.717) is 11.8 Å². The maximum Gasteiger partial charge on any atom is 0.147 e. The molecule has 0 saturated heterocycles. The van der Waals surface area contributed by atoms with Crippen molar-refractivity contribution in [3.8, 4) is 28.3 Å². The van der Waals surface area contributed by atoms with Gasteiger partial charge in [-0.2, -0.15) is 0 Å². The summed E-state index contributed by atoms with van der Waals surface area (Å²) in [5.74, 6) is 1.80. The van der Waals surface area contributed by atoms with E-state index in [4.69, 9.17) is 14.4 Å². The topological polar surface area (TPSA) is 53.6 Å². The molecule has 1 radical (unpaired) electrons. The zero-order valence-electron chi connectivity index (χ0n) is 43.2. The molecule has 0 atom stereocenters. The molecule has 14 rings (SSSR count). The summed E-state index contributed by atoms with van der Waals surface area (Å²) in [7, 11) is 0. The molecule has 0 N–H and O–H groups in total. The molecule has 2 aliphatic heterocycles. The quantitative estimate of drug-likeness (QED) is 0.148. The fraction of sp³-hybridized carbons (Fsp3) is 0.118. The molecular formula is C68H54IrN6O-2. The monoisotopic (exact) mass is 1160 g/mol. The first-order valence-corrected chi connectivity index (χ1v) is 25.9. The Bertz CT molecular complexity index is 4100. The number of aryl methyl sites for hydroxylation is 2. The van der Waals surface area contributed by atoms with Gasteiger partial charge in [-0.3, -0.25) is 4.98 Å². The van der Waals surface area contributed by atoms with Crippen LogP contribution in [0.25, 0.3) is 61.3 Å². The van der Waals surface area contributed by atoms with Gasteiger partial charge in [-0.25, -0.2) is 0 Å². The van der Waals surface area contributed by atoms with E-state index in [9.17, 15) is 0 Å². The number of hydrogen-bond acceptors (Lipinski definition) is 6. The summed E-state index contributed by atoms with van der Waals surface area (Å²) in [6.45, 7) is 13.2. The van der Waals surface area contributed by atoms with Crippen LogP contribution in [0.1, 0.15) is 61.8 Å². The SMILES string of the molecule is CC(C)c1cccc(C(C)C)c1-n1c(-c2[c-]cccc2)nc2ccccc21.Cc1cnc(-c2[c-]ccc3c2oc2c4c(ccc23)N2c3ccccc3N(c3ccccc3)c3cccc(c32)N4c2ccccc2)cc1C.[Ir]. The minimum Gasteiger partial charge on any atom is -0.498 e. The van der Waals surface area contributed by atoms with Gasteiger partial charge in [0.1, 0.15) is 11.3 Å². The summed E-state index contributed by atoms with van der Waals surface area (Å²) in [6.07, 6.45) is 1.93. The normalized spacial score (nSPS) is 12.4. The Balaban J connectivity index is 0.000000177. The number of hydrogen-bond donors (Lipinski definition) is 0. The number of aromatic nitrogens is 3. The van der Waals surface area contributed by atoms with Crippen molar-refractivity contribution in [3.05, 3.63) is 241 Å². The third kappa shape index (κ3) is 7.90. The molecule has 3 aromatic heterocycles. The Hall–Kier alpha value is -8.55. The standard InChI is InChI=1S/C43H29N4O.C25H25N2.Ir/c1-27-25-34(44-26-28(27)2)33-18-11-17-31-32-23-24-39-41(43(32)48-42(31)33)46(30-15-7-4-8-16-30)38-22-12-21-37-40(38)47(39)36-20-10-9-19-35(36)45(37)29-13-5-3-6-14-29;1-17(2)20-13-10-14-21(18(3)4)24(20)27-23-16-9-8-15-22(23)26-25(27)19-11-6-5-7-12-19;/h3-17,19-26H,1-2H3;5-11,13-18H,1-4H3;/q2*-1;. The maximum atomic E-state index is 7.04. The minimum atomic E-state index is 0. The van der Waals surface area contributed by atoms with Gasteiger partial charge in [-0.05, 0) is 121 Å². The van der Waals surface area contributed by atoms with E-state index in [1.54, 1.807) is 0 Å². The van der Waals surface area contributed by atoms with Crippen LogP contribution in [0.3, 0.4) is 0 Å². The second-order valence-corrected chi connectivity index (χ2v) is 20.1. The molecule has 0 saturated carbocycles. The Morgan fingerprint density at radius 1 is 0.474 bits per heavy atom. The van der Waals surface area contributed by atoms with Gasteiger partial charge in [0.2, 0.25) is 0 Å². The van der Waals surface area contributed by atoms with Gasteiger partial charge in [0.05, 0.1) is 56.6 Å². The summed E-state index contributed by atoms with van der Waals surface area (Å²) < 4.78 is 9.38. The van der Waals surface area contributed by atoms with Crippen molar-refractivity contribution in [1.82, 2.24) is 14.5 Å². The van der Waals surface area contributed by atoms with E-state index in [-0.39, 0.29) is 20.1 Å². The number of imidazole rings is 1. The number of pyridine rings is 1. The molecule has 76 heavy (non-hydrogen) atoms. The van der Waals surface area contributed by atoms with Gasteiger partial charge in [0.25, 0.3) is 0 Å². The van der Waals surface area contributed by atoms with Crippen LogP contribution in [0, 0.1) is 26.0 Å². The average Bonchev–Trinajstić information content (AvgIpc) is 4.19. The van der Waals surface area contributed by atoms with Gasteiger partial charge < -0.3 is 28.7 Å². The van der Waals surface area contributed by atoms with Crippen LogP contribution < -0.4 is 14.7 Å². The Morgan fingerprint density at radius 3 is 1.75 bits per heavy atom. The molecule has 5 heterocycles. The molecule has 9 aromatic carbocycles. The zero-order chi connectivity index (χ0) is 50.9. The van der Waals surface area contributed by atoms with Crippen LogP contribution >= 0.6 is 0 Å². The first-order chi connectivity index (χ1) is 36.7. The Labute approximate surface area is 457 Å². The third-order valence-corrected chi connectivity index (χ3v) is 14.8. The summed E-state index contributed by atoms with van der Waals surface area (Å²) >= 11 is 0. The second-order valence-electron chi connectivity index (χ2n) is 20.1. The van der Waals surface area contributed by atoms with Crippen molar-refractivity contribution in [2.24, 2.45) is 0 Å². The van der Waals surface area contributed by atoms with Crippen LogP contribution in [0.4, 0.5) is 51.2 Å². The molecule has 0 bridgehead atoms. The van der Waals surface area contributed by atoms with Crippen molar-refractivity contribution >= 4 is 84.2 Å². The van der Waals surface area contributed by atoms with Crippen molar-refractivity contribution < 1.29 is 24.5 Å². The van der Waals surface area contributed by atoms with Crippen molar-refractivity contribution in [2.75, 3.05) is 14.7 Å². The van der Waals surface area contributed by atoms with Gasteiger partial charge in [-0.15, -0.1) is 54.1 Å². The van der Waals surface area contributed by atoms with Crippen LogP contribution in [-0.4, -0.2) is 14.5 Å². The predicted octanol–water partition coefficient (Wildman–Crippen LogP) is 18.8. The number of furan rings is 1. The third-order valence-electron chi connectivity index (χ3n) is 14.8. The van der Waals surface area contributed by atoms with Gasteiger partial charge >= 0.3 is 0 Å². The van der Waals surface area contributed by atoms with E-state index in [0.717, 1.165) is 112 Å². The van der Waals surface area contributed by atoms with Crippen molar-refractivity contribution in [2.45, 2.75) is 53.4 Å². The number of anilines is 9. The molecule has 0 aliphatic carbocycles. The van der Waals surface area contributed by atoms with E-state index in [1.165, 1.54) is 22.4 Å². The van der Waals surface area contributed by atoms with E-state index < -0.39 is 0 Å². The number of fused-ring (bicyclic) bond motifs is 9. The fourth-order valence-electron chi connectivity index (χ4n) is 11.1. The minimum absolute atomic E-state index is 0. The molecule has 0 unspecified atom stereocenters. The average molecular weight is 1160 g/mol. The summed E-state index contributed by atoms with van der Waals surface area (Å²) in [4.78, 5) is 16.9. The zero-order valence-corrected chi connectivity index (χ0v) is 45.6. The van der Waals surface area contributed by atoms with Gasteiger partial charge in [0.15, 0.2) is 0 Å². The van der Waals surface area contributed by atoms with Crippen molar-refractivity contribution in [3.63, 3.8) is 0 Å². The number of nitrogens with zero attached hydrogens (tertiary/aromatic N) is 6. The molecule has 0 spiro atoms. The van der Waals surface area contributed by atoms with Crippen molar-refractivity contribution in [1.29, 1.82) is 0 Å². The number of para-hydroxylation sites is 8. The summed E-state index contributed by atoms with van der Waals surface area (Å²) in [5, 5.41) is 2.10. The van der Waals surface area contributed by atoms with E-state index in [2.05, 4.69) is 249 Å². The predicted molar refractivity (Wildman–Crippen MR) is 310 cm³/mol. The molecule has 12 aromatic rings. The molecule has 0 fully saturated rings. The van der Waals surface area contributed by atoms with E-state index >= 15 is 0 Å². The summed E-state index contributed by atoms with van der Waals surface area (Å²) in [5.41, 5.74) is 22.6. The van der Waals surface area contributed by atoms with Crippen LogP contribution in [0.15, 0.2) is 211 Å². The maximum absolute atomic E-state index is 7.04. The molecule has 8 heteroatoms. The van der Waals surface area contributed by atoms with Crippen LogP contribution in [0.2, 0.25) is 0 Å². The first-order valence-electron chi connectivity index (χ1n) is 25.9. The molecule has 2 aliphatic rings. The van der Waals surface area contributed by atoms with Gasteiger partial charge in [0, 0.05) is 48.8 Å². The molecule has 373 valence electrons. The second kappa shape index (κ2) is 19.6. The Kier molecular flexibility index (Phi) is 12.5. The largest absolute Gasteiger partial charge is 0.498 e. The summed E-state index contributed by atoms with van der Waals surface area (Å²) in [6, 6.07) is 77.2. The number of benzene rings is 9. The van der Waals surface area contributed by atoms with Crippen LogP contribution in [-0.2, 0) is 20.1 Å². The van der Waals surface area contributed by atoms with Crippen LogP contribution in [0.5, 0.6) is 0 Å². The molecule has 7 nitrogen and oxygen atoms in total. The van der Waals surface area contributed by atoms with Gasteiger partial charge in [-0.1, -0.05) is 135 Å². The van der Waals surface area contributed by atoms with E-state index in [1.807, 2.05) is 30.5 Å².